The molecule has 0 spiro atoms. The Labute approximate surface area is 196 Å². The van der Waals surface area contributed by atoms with Crippen LogP contribution in [-0.4, -0.2) is 29.3 Å². The number of nitrogens with zero attached hydrogens (tertiary/aromatic N) is 1. The second-order valence-electron chi connectivity index (χ2n) is 7.57. The third kappa shape index (κ3) is 4.68. The Morgan fingerprint density at radius 3 is 2.24 bits per heavy atom. The summed E-state index contributed by atoms with van der Waals surface area (Å²) < 4.78 is 5.73. The Morgan fingerprint density at radius 1 is 0.970 bits per heavy atom. The Balaban J connectivity index is 1.41. The van der Waals surface area contributed by atoms with Crippen LogP contribution in [0.2, 0.25) is 5.02 Å². The van der Waals surface area contributed by atoms with Crippen LogP contribution < -0.4 is 15.4 Å². The molecular weight excluding hydrogens is 442 g/mol. The Morgan fingerprint density at radius 2 is 1.61 bits per heavy atom. The van der Waals surface area contributed by atoms with E-state index in [1.807, 2.05) is 30.3 Å². The van der Waals surface area contributed by atoms with Gasteiger partial charge in [-0.2, -0.15) is 0 Å². The van der Waals surface area contributed by atoms with E-state index in [1.165, 1.54) is 0 Å². The highest BCUT2D eigenvalue weighted by Gasteiger charge is 2.51. The molecule has 1 aliphatic heterocycles. The van der Waals surface area contributed by atoms with E-state index in [1.54, 1.807) is 55.5 Å². The summed E-state index contributed by atoms with van der Waals surface area (Å²) in [6.07, 6.45) is 0.334. The first kappa shape index (κ1) is 22.4. The van der Waals surface area contributed by atoms with Gasteiger partial charge in [-0.25, -0.2) is 4.79 Å². The number of ether oxygens (including phenoxy) is 1. The number of rotatable bonds is 7. The van der Waals surface area contributed by atoms with Crippen molar-refractivity contribution in [1.29, 1.82) is 0 Å². The lowest BCUT2D eigenvalue weighted by Crippen LogP contribution is -2.44. The van der Waals surface area contributed by atoms with Crippen LogP contribution in [0.4, 0.5) is 10.5 Å². The van der Waals surface area contributed by atoms with Crippen molar-refractivity contribution < 1.29 is 19.1 Å². The molecule has 0 aromatic heterocycles. The van der Waals surface area contributed by atoms with Gasteiger partial charge < -0.3 is 15.4 Å². The molecular formula is C25H22ClN3O4. The Bertz CT molecular complexity index is 1170. The van der Waals surface area contributed by atoms with Crippen molar-refractivity contribution in [2.24, 2.45) is 0 Å². The fourth-order valence-corrected chi connectivity index (χ4v) is 3.84. The van der Waals surface area contributed by atoms with E-state index in [9.17, 15) is 14.4 Å². The first-order valence-electron chi connectivity index (χ1n) is 10.4. The van der Waals surface area contributed by atoms with Gasteiger partial charge in [-0.3, -0.25) is 14.5 Å². The van der Waals surface area contributed by atoms with Crippen LogP contribution in [0.1, 0.15) is 18.9 Å². The molecule has 1 fully saturated rings. The molecule has 1 aliphatic rings. The van der Waals surface area contributed by atoms with Gasteiger partial charge in [0.15, 0.2) is 0 Å². The van der Waals surface area contributed by atoms with Crippen LogP contribution in [0.25, 0.3) is 0 Å². The summed E-state index contributed by atoms with van der Waals surface area (Å²) in [5, 5.41) is 5.98. The van der Waals surface area contributed by atoms with Gasteiger partial charge in [0.25, 0.3) is 5.91 Å². The van der Waals surface area contributed by atoms with Gasteiger partial charge in [-0.1, -0.05) is 48.9 Å². The molecule has 2 N–H and O–H groups in total. The summed E-state index contributed by atoms with van der Waals surface area (Å²) in [7, 11) is 0. The lowest BCUT2D eigenvalue weighted by atomic mass is 9.87. The van der Waals surface area contributed by atoms with E-state index in [0.717, 1.165) is 4.90 Å². The van der Waals surface area contributed by atoms with E-state index < -0.39 is 29.9 Å². The van der Waals surface area contributed by atoms with Crippen LogP contribution in [0.5, 0.6) is 11.5 Å². The maximum absolute atomic E-state index is 13.2. The number of benzene rings is 3. The van der Waals surface area contributed by atoms with Gasteiger partial charge in [0, 0.05) is 10.7 Å². The number of urea groups is 1. The SMILES string of the molecule is CC[C@]1(c2ccc(Cl)cc2)NC(=O)N(CC(=O)Nc2ccc(Oc3ccccc3)cc2)C1=O. The lowest BCUT2D eigenvalue weighted by molar-refractivity contribution is -0.134. The number of halogens is 1. The van der Waals surface area contributed by atoms with Crippen molar-refractivity contribution >= 4 is 35.1 Å². The number of imide groups is 1. The zero-order valence-electron chi connectivity index (χ0n) is 17.9. The summed E-state index contributed by atoms with van der Waals surface area (Å²) in [6.45, 7) is 1.40. The number of para-hydroxylation sites is 1. The molecule has 168 valence electrons. The highest BCUT2D eigenvalue weighted by Crippen LogP contribution is 2.33. The smallest absolute Gasteiger partial charge is 0.325 e. The normalized spacial score (nSPS) is 17.6. The van der Waals surface area contributed by atoms with E-state index in [-0.39, 0.29) is 0 Å². The minimum Gasteiger partial charge on any atom is -0.457 e. The summed E-state index contributed by atoms with van der Waals surface area (Å²) >= 11 is 5.95. The number of amides is 4. The molecule has 33 heavy (non-hydrogen) atoms. The highest BCUT2D eigenvalue weighted by atomic mass is 35.5. The summed E-state index contributed by atoms with van der Waals surface area (Å²) in [5.41, 5.74) is -0.0881. The average molecular weight is 464 g/mol. The third-order valence-electron chi connectivity index (χ3n) is 5.46. The number of nitrogens with one attached hydrogen (secondary N) is 2. The molecule has 1 heterocycles. The largest absolute Gasteiger partial charge is 0.457 e. The van der Waals surface area contributed by atoms with Crippen molar-refractivity contribution in [1.82, 2.24) is 10.2 Å². The van der Waals surface area contributed by atoms with Crippen molar-refractivity contribution in [2.45, 2.75) is 18.9 Å². The van der Waals surface area contributed by atoms with Gasteiger partial charge in [-0.05, 0) is 60.5 Å². The second kappa shape index (κ2) is 9.34. The van der Waals surface area contributed by atoms with Crippen LogP contribution in [0.15, 0.2) is 78.9 Å². The molecule has 3 aromatic carbocycles. The van der Waals surface area contributed by atoms with Gasteiger partial charge in [0.05, 0.1) is 0 Å². The van der Waals surface area contributed by atoms with Crippen molar-refractivity contribution in [2.75, 3.05) is 11.9 Å². The highest BCUT2D eigenvalue weighted by molar-refractivity contribution is 6.30. The fraction of sp³-hybridized carbons (Fsp3) is 0.160. The molecule has 0 unspecified atom stereocenters. The topological polar surface area (TPSA) is 87.7 Å². The first-order chi connectivity index (χ1) is 15.9. The maximum Gasteiger partial charge on any atom is 0.325 e. The number of carbonyl (C=O) groups is 3. The summed E-state index contributed by atoms with van der Waals surface area (Å²) in [5.74, 6) is 0.356. The van der Waals surface area contributed by atoms with Gasteiger partial charge >= 0.3 is 6.03 Å². The first-order valence-corrected chi connectivity index (χ1v) is 10.8. The van der Waals surface area contributed by atoms with E-state index in [2.05, 4.69) is 10.6 Å². The molecule has 1 atom stereocenters. The maximum atomic E-state index is 13.2. The van der Waals surface area contributed by atoms with Gasteiger partial charge in [-0.15, -0.1) is 0 Å². The van der Waals surface area contributed by atoms with E-state index >= 15 is 0 Å². The van der Waals surface area contributed by atoms with Crippen LogP contribution in [0.3, 0.4) is 0 Å². The molecule has 0 saturated carbocycles. The summed E-state index contributed by atoms with van der Waals surface area (Å²) in [6, 6.07) is 22.3. The van der Waals surface area contributed by atoms with Crippen LogP contribution >= 0.6 is 11.6 Å². The van der Waals surface area contributed by atoms with Crippen molar-refractivity contribution in [3.8, 4) is 11.5 Å². The van der Waals surface area contributed by atoms with Gasteiger partial charge in [0.2, 0.25) is 5.91 Å². The van der Waals surface area contributed by atoms with Gasteiger partial charge in [0.1, 0.15) is 23.6 Å². The lowest BCUT2D eigenvalue weighted by Gasteiger charge is -2.25. The predicted octanol–water partition coefficient (Wildman–Crippen LogP) is 4.93. The van der Waals surface area contributed by atoms with E-state index in [0.29, 0.717) is 34.2 Å². The predicted molar refractivity (Wildman–Crippen MR) is 125 cm³/mol. The van der Waals surface area contributed by atoms with E-state index in [4.69, 9.17) is 16.3 Å². The van der Waals surface area contributed by atoms with Crippen molar-refractivity contribution in [3.05, 3.63) is 89.4 Å². The number of hydrogen-bond donors (Lipinski definition) is 2. The zero-order valence-corrected chi connectivity index (χ0v) is 18.6. The molecule has 4 rings (SSSR count). The standard InChI is InChI=1S/C25H22ClN3O4/c1-2-25(17-8-10-18(26)11-9-17)23(31)29(24(32)28-25)16-22(30)27-19-12-14-21(15-13-19)33-20-6-4-3-5-7-20/h3-15H,2,16H2,1H3,(H,27,30)(H,28,32)/t25-/m1/s1. The molecule has 0 radical (unpaired) electrons. The Hall–Kier alpha value is -3.84. The molecule has 4 amide bonds. The Kier molecular flexibility index (Phi) is 6.33. The number of carbonyl (C=O) groups excluding carboxylic acids is 3. The van der Waals surface area contributed by atoms with Crippen LogP contribution in [-0.2, 0) is 15.1 Å². The molecule has 0 aliphatic carbocycles. The van der Waals surface area contributed by atoms with Crippen molar-refractivity contribution in [3.63, 3.8) is 0 Å². The monoisotopic (exact) mass is 463 g/mol. The average Bonchev–Trinajstić information content (AvgIpc) is 3.06. The molecule has 8 heteroatoms. The molecule has 0 bridgehead atoms. The minimum atomic E-state index is -1.22. The number of hydrogen-bond acceptors (Lipinski definition) is 4. The minimum absolute atomic E-state index is 0.334. The molecule has 7 nitrogen and oxygen atoms in total. The zero-order chi connectivity index (χ0) is 23.4. The quantitative estimate of drug-likeness (QED) is 0.486. The molecule has 3 aromatic rings. The fourth-order valence-electron chi connectivity index (χ4n) is 3.72. The second-order valence-corrected chi connectivity index (χ2v) is 8.01. The molecule has 1 saturated heterocycles. The third-order valence-corrected chi connectivity index (χ3v) is 5.71. The van der Waals surface area contributed by atoms with Crippen LogP contribution in [0, 0.1) is 0 Å². The summed E-state index contributed by atoms with van der Waals surface area (Å²) in [4.78, 5) is 39.3. The number of anilines is 1.